The van der Waals surface area contributed by atoms with Crippen LogP contribution in [0.4, 0.5) is 5.95 Å². The number of hydrogen-bond donors (Lipinski definition) is 0. The number of benzene rings is 2. The Balaban J connectivity index is 1.84. The lowest BCUT2D eigenvalue weighted by atomic mass is 10.0. The van der Waals surface area contributed by atoms with Crippen molar-refractivity contribution in [2.75, 3.05) is 18.1 Å². The summed E-state index contributed by atoms with van der Waals surface area (Å²) in [7, 11) is 0. The van der Waals surface area contributed by atoms with Crippen molar-refractivity contribution < 1.29 is 9.53 Å². The summed E-state index contributed by atoms with van der Waals surface area (Å²) in [5.74, 6) is 0.303. The molecule has 0 bridgehead atoms. The second-order valence-electron chi connectivity index (χ2n) is 7.62. The fourth-order valence-corrected chi connectivity index (χ4v) is 3.37. The highest BCUT2D eigenvalue weighted by molar-refractivity contribution is 5.81. The molecule has 0 aliphatic heterocycles. The molecular formula is C26H30N4O2. The standard InChI is InChI=1S/C26H30N4O2/c1-4-32-23(31)18-12-7-13-19-30(20(2)3)26-27-24(21-14-8-5-9-15-21)25(28-29-26)22-16-10-6-11-17-22/h5-6,8-12,14-18,20H,4,7,13,19H2,1-3H3. The van der Waals surface area contributed by atoms with Crippen LogP contribution in [0, 0.1) is 0 Å². The highest BCUT2D eigenvalue weighted by Gasteiger charge is 2.18. The van der Waals surface area contributed by atoms with Crippen LogP contribution in [0.1, 0.15) is 33.6 Å². The Labute approximate surface area is 190 Å². The maximum Gasteiger partial charge on any atom is 0.330 e. The highest BCUT2D eigenvalue weighted by Crippen LogP contribution is 2.29. The molecule has 0 radical (unpaired) electrons. The molecular weight excluding hydrogens is 400 g/mol. The van der Waals surface area contributed by atoms with Crippen molar-refractivity contribution in [1.82, 2.24) is 15.2 Å². The van der Waals surface area contributed by atoms with Gasteiger partial charge in [0.25, 0.3) is 0 Å². The summed E-state index contributed by atoms with van der Waals surface area (Å²) in [5, 5.41) is 9.07. The third-order valence-corrected chi connectivity index (χ3v) is 4.96. The molecule has 32 heavy (non-hydrogen) atoms. The van der Waals surface area contributed by atoms with Gasteiger partial charge in [-0.3, -0.25) is 0 Å². The first kappa shape index (κ1) is 23.1. The zero-order valence-corrected chi connectivity index (χ0v) is 18.9. The van der Waals surface area contributed by atoms with Crippen molar-refractivity contribution in [2.24, 2.45) is 0 Å². The number of carbonyl (C=O) groups is 1. The molecule has 1 aromatic heterocycles. The summed E-state index contributed by atoms with van der Waals surface area (Å²) in [4.78, 5) is 18.5. The van der Waals surface area contributed by atoms with E-state index in [-0.39, 0.29) is 12.0 Å². The number of allylic oxidation sites excluding steroid dienone is 1. The third kappa shape index (κ3) is 6.23. The van der Waals surface area contributed by atoms with Crippen LogP contribution in [0.3, 0.4) is 0 Å². The molecule has 0 saturated heterocycles. The zero-order valence-electron chi connectivity index (χ0n) is 18.9. The van der Waals surface area contributed by atoms with E-state index in [0.717, 1.165) is 41.9 Å². The van der Waals surface area contributed by atoms with Gasteiger partial charge in [-0.25, -0.2) is 9.78 Å². The summed E-state index contributed by atoms with van der Waals surface area (Å²) in [6.07, 6.45) is 4.97. The molecule has 1 heterocycles. The number of ether oxygens (including phenoxy) is 1. The van der Waals surface area contributed by atoms with Crippen LogP contribution in [-0.2, 0) is 9.53 Å². The molecule has 0 aliphatic rings. The fraction of sp³-hybridized carbons (Fsp3) is 0.308. The number of carbonyl (C=O) groups excluding carboxylic acids is 1. The number of rotatable bonds is 10. The van der Waals surface area contributed by atoms with Crippen LogP contribution in [0.15, 0.2) is 72.8 Å². The summed E-state index contributed by atoms with van der Waals surface area (Å²) < 4.78 is 4.92. The van der Waals surface area contributed by atoms with Gasteiger partial charge in [-0.05, 0) is 33.6 Å². The average Bonchev–Trinajstić information content (AvgIpc) is 2.82. The van der Waals surface area contributed by atoms with E-state index in [9.17, 15) is 4.79 Å². The Hall–Kier alpha value is -3.54. The number of aromatic nitrogens is 3. The second-order valence-corrected chi connectivity index (χ2v) is 7.62. The van der Waals surface area contributed by atoms with Crippen molar-refractivity contribution in [3.8, 4) is 22.5 Å². The lowest BCUT2D eigenvalue weighted by Crippen LogP contribution is -2.33. The quantitative estimate of drug-likeness (QED) is 0.246. The Morgan fingerprint density at radius 3 is 2.19 bits per heavy atom. The minimum atomic E-state index is -0.301. The third-order valence-electron chi connectivity index (χ3n) is 4.96. The summed E-state index contributed by atoms with van der Waals surface area (Å²) in [5.41, 5.74) is 3.57. The van der Waals surface area contributed by atoms with Crippen molar-refractivity contribution in [3.05, 3.63) is 72.8 Å². The number of hydrogen-bond acceptors (Lipinski definition) is 6. The Bertz CT molecular complexity index is 1020. The van der Waals surface area contributed by atoms with Crippen molar-refractivity contribution in [2.45, 2.75) is 39.7 Å². The van der Waals surface area contributed by atoms with Gasteiger partial charge in [0, 0.05) is 29.8 Å². The smallest absolute Gasteiger partial charge is 0.330 e. The molecule has 0 aliphatic carbocycles. The molecule has 6 nitrogen and oxygen atoms in total. The average molecular weight is 431 g/mol. The molecule has 0 saturated carbocycles. The van der Waals surface area contributed by atoms with Crippen LogP contribution >= 0.6 is 0 Å². The van der Waals surface area contributed by atoms with Crippen molar-refractivity contribution >= 4 is 11.9 Å². The topological polar surface area (TPSA) is 68.2 Å². The zero-order chi connectivity index (χ0) is 22.8. The molecule has 2 aromatic carbocycles. The van der Waals surface area contributed by atoms with E-state index < -0.39 is 0 Å². The first-order valence-electron chi connectivity index (χ1n) is 11.1. The van der Waals surface area contributed by atoms with Crippen LogP contribution in [0.25, 0.3) is 22.5 Å². The van der Waals surface area contributed by atoms with E-state index in [4.69, 9.17) is 9.72 Å². The number of nitrogens with zero attached hydrogens (tertiary/aromatic N) is 4. The minimum Gasteiger partial charge on any atom is -0.463 e. The van der Waals surface area contributed by atoms with Crippen LogP contribution < -0.4 is 4.90 Å². The molecule has 3 aromatic rings. The molecule has 0 spiro atoms. The second kappa shape index (κ2) is 11.7. The molecule has 0 amide bonds. The van der Waals surface area contributed by atoms with E-state index in [0.29, 0.717) is 12.6 Å². The molecule has 0 N–H and O–H groups in total. The van der Waals surface area contributed by atoms with Gasteiger partial charge in [-0.2, -0.15) is 0 Å². The monoisotopic (exact) mass is 430 g/mol. The summed E-state index contributed by atoms with van der Waals surface area (Å²) >= 11 is 0. The Morgan fingerprint density at radius 1 is 0.969 bits per heavy atom. The van der Waals surface area contributed by atoms with Crippen molar-refractivity contribution in [3.63, 3.8) is 0 Å². The molecule has 0 atom stereocenters. The van der Waals surface area contributed by atoms with Gasteiger partial charge in [0.15, 0.2) is 0 Å². The van der Waals surface area contributed by atoms with Gasteiger partial charge in [-0.1, -0.05) is 66.7 Å². The predicted octanol–water partition coefficient (Wildman–Crippen LogP) is 5.32. The molecule has 166 valence electrons. The molecule has 3 rings (SSSR count). The minimum absolute atomic E-state index is 0.206. The lowest BCUT2D eigenvalue weighted by Gasteiger charge is -2.26. The SMILES string of the molecule is CCOC(=O)C=CCCCN(c1nnc(-c2ccccc2)c(-c2ccccc2)n1)C(C)C. The van der Waals surface area contributed by atoms with Crippen LogP contribution in [0.5, 0.6) is 0 Å². The number of unbranched alkanes of at least 4 members (excludes halogenated alkanes) is 1. The van der Waals surface area contributed by atoms with Gasteiger partial charge in [0.05, 0.1) is 6.61 Å². The van der Waals surface area contributed by atoms with E-state index in [1.807, 2.05) is 66.7 Å². The first-order valence-corrected chi connectivity index (χ1v) is 11.1. The van der Waals surface area contributed by atoms with E-state index >= 15 is 0 Å². The van der Waals surface area contributed by atoms with Gasteiger partial charge < -0.3 is 9.64 Å². The van der Waals surface area contributed by atoms with Gasteiger partial charge in [0.1, 0.15) is 11.4 Å². The van der Waals surface area contributed by atoms with E-state index in [2.05, 4.69) is 28.9 Å². The fourth-order valence-electron chi connectivity index (χ4n) is 3.37. The maximum absolute atomic E-state index is 11.4. The Morgan fingerprint density at radius 2 is 1.59 bits per heavy atom. The van der Waals surface area contributed by atoms with Crippen LogP contribution in [-0.4, -0.2) is 40.3 Å². The van der Waals surface area contributed by atoms with Gasteiger partial charge in [-0.15, -0.1) is 10.2 Å². The normalized spacial score (nSPS) is 11.1. The van der Waals surface area contributed by atoms with E-state index in [1.54, 1.807) is 6.92 Å². The molecule has 6 heteroatoms. The Kier molecular flexibility index (Phi) is 8.49. The summed E-state index contributed by atoms with van der Waals surface area (Å²) in [6.45, 7) is 7.17. The molecule has 0 unspecified atom stereocenters. The first-order chi connectivity index (χ1) is 15.6. The predicted molar refractivity (Wildman–Crippen MR) is 128 cm³/mol. The van der Waals surface area contributed by atoms with Gasteiger partial charge in [0.2, 0.25) is 5.95 Å². The lowest BCUT2D eigenvalue weighted by molar-refractivity contribution is -0.137. The van der Waals surface area contributed by atoms with Crippen LogP contribution in [0.2, 0.25) is 0 Å². The number of esters is 1. The van der Waals surface area contributed by atoms with Gasteiger partial charge >= 0.3 is 5.97 Å². The largest absolute Gasteiger partial charge is 0.463 e. The maximum atomic E-state index is 11.4. The van der Waals surface area contributed by atoms with Crippen molar-refractivity contribution in [1.29, 1.82) is 0 Å². The summed E-state index contributed by atoms with van der Waals surface area (Å²) in [6, 6.07) is 20.3. The molecule has 0 fully saturated rings. The highest BCUT2D eigenvalue weighted by atomic mass is 16.5. The van der Waals surface area contributed by atoms with E-state index in [1.165, 1.54) is 6.08 Å². The number of anilines is 1.